The molecule has 0 aromatic heterocycles. The van der Waals surface area contributed by atoms with Crippen molar-refractivity contribution in [3.63, 3.8) is 0 Å². The molecule has 1 saturated heterocycles. The number of nitrogens with zero attached hydrogens (tertiary/aromatic N) is 2. The summed E-state index contributed by atoms with van der Waals surface area (Å²) in [6.45, 7) is -0.112. The first-order chi connectivity index (χ1) is 12.9. The Bertz CT molecular complexity index is 885. The molecule has 0 bridgehead atoms. The first kappa shape index (κ1) is 18.1. The topological polar surface area (TPSA) is 101 Å². The first-order valence-corrected chi connectivity index (χ1v) is 10.6. The van der Waals surface area contributed by atoms with Crippen LogP contribution < -0.4 is 0 Å². The van der Waals surface area contributed by atoms with E-state index in [0.29, 0.717) is 12.8 Å². The van der Waals surface area contributed by atoms with Gasteiger partial charge in [0, 0.05) is 13.1 Å². The number of benzene rings is 1. The van der Waals surface area contributed by atoms with Gasteiger partial charge in [-0.2, -0.15) is 4.31 Å². The molecule has 1 aromatic rings. The Morgan fingerprint density at radius 1 is 1.00 bits per heavy atom. The fourth-order valence-electron chi connectivity index (χ4n) is 4.25. The lowest BCUT2D eigenvalue weighted by atomic mass is 9.97. The highest BCUT2D eigenvalue weighted by molar-refractivity contribution is 7.89. The summed E-state index contributed by atoms with van der Waals surface area (Å²) >= 11 is 0. The largest absolute Gasteiger partial charge is 0.463 e. The molecule has 0 N–H and O–H groups in total. The molecule has 2 fully saturated rings. The van der Waals surface area contributed by atoms with Crippen molar-refractivity contribution in [2.75, 3.05) is 25.4 Å². The Labute approximate surface area is 157 Å². The van der Waals surface area contributed by atoms with Gasteiger partial charge >= 0.3 is 5.97 Å². The van der Waals surface area contributed by atoms with Crippen LogP contribution in [0.4, 0.5) is 0 Å². The van der Waals surface area contributed by atoms with E-state index in [1.807, 2.05) is 0 Å². The summed E-state index contributed by atoms with van der Waals surface area (Å²) in [5, 5.41) is 0. The van der Waals surface area contributed by atoms with Crippen LogP contribution in [-0.4, -0.2) is 66.4 Å². The van der Waals surface area contributed by atoms with E-state index in [9.17, 15) is 22.8 Å². The van der Waals surface area contributed by atoms with Gasteiger partial charge < -0.3 is 4.74 Å². The Kier molecular flexibility index (Phi) is 4.31. The second kappa shape index (κ2) is 6.42. The van der Waals surface area contributed by atoms with Gasteiger partial charge in [-0.15, -0.1) is 0 Å². The number of amides is 2. The molecule has 1 saturated carbocycles. The number of fused-ring (bicyclic) bond motifs is 1. The molecule has 4 rings (SSSR count). The number of carbonyl (C=O) groups is 3. The normalized spacial score (nSPS) is 22.4. The molecule has 0 unspecified atom stereocenters. The lowest BCUT2D eigenvalue weighted by molar-refractivity contribution is -0.162. The van der Waals surface area contributed by atoms with E-state index >= 15 is 0 Å². The van der Waals surface area contributed by atoms with Crippen molar-refractivity contribution >= 4 is 27.8 Å². The maximum absolute atomic E-state index is 13.0. The minimum absolute atomic E-state index is 0.0207. The molecular formula is C18H20N2O6S. The molecule has 3 aliphatic rings. The highest BCUT2D eigenvalue weighted by atomic mass is 32.2. The number of cyclic esters (lactones) is 1. The number of morpholine rings is 1. The van der Waals surface area contributed by atoms with Gasteiger partial charge in [0.15, 0.2) is 0 Å². The van der Waals surface area contributed by atoms with E-state index in [0.717, 1.165) is 17.7 Å². The molecule has 0 atom stereocenters. The summed E-state index contributed by atoms with van der Waals surface area (Å²) in [7, 11) is -3.84. The number of hydrogen-bond donors (Lipinski definition) is 0. The maximum atomic E-state index is 13.0. The van der Waals surface area contributed by atoms with Crippen LogP contribution in [0.25, 0.3) is 0 Å². The van der Waals surface area contributed by atoms with Crippen molar-refractivity contribution in [2.24, 2.45) is 0 Å². The van der Waals surface area contributed by atoms with Crippen molar-refractivity contribution in [2.45, 2.75) is 31.2 Å². The van der Waals surface area contributed by atoms with Gasteiger partial charge in [0.2, 0.25) is 10.0 Å². The third kappa shape index (κ3) is 2.76. The van der Waals surface area contributed by atoms with Crippen molar-refractivity contribution in [1.82, 2.24) is 9.21 Å². The van der Waals surface area contributed by atoms with Crippen molar-refractivity contribution < 1.29 is 27.5 Å². The van der Waals surface area contributed by atoms with Crippen molar-refractivity contribution in [3.8, 4) is 0 Å². The van der Waals surface area contributed by atoms with Gasteiger partial charge in [0.1, 0.15) is 12.1 Å². The molecule has 2 aliphatic heterocycles. The standard InChI is InChI=1S/C18H20N2O6S/c21-15-13-5-1-2-6-14(13)16(22)19(15)10-12-27(24,25)20-9-11-26-17(23)18(20)7-3-4-8-18/h1-2,5-6H,3-4,7-12H2. The van der Waals surface area contributed by atoms with Gasteiger partial charge in [-0.05, 0) is 25.0 Å². The van der Waals surface area contributed by atoms with E-state index in [4.69, 9.17) is 4.74 Å². The molecule has 144 valence electrons. The van der Waals surface area contributed by atoms with Crippen LogP contribution in [0.1, 0.15) is 46.4 Å². The number of esters is 1. The van der Waals surface area contributed by atoms with E-state index < -0.39 is 39.1 Å². The zero-order valence-electron chi connectivity index (χ0n) is 14.7. The molecular weight excluding hydrogens is 372 g/mol. The number of carbonyl (C=O) groups excluding carboxylic acids is 3. The van der Waals surface area contributed by atoms with Crippen LogP contribution in [0.3, 0.4) is 0 Å². The highest BCUT2D eigenvalue weighted by Crippen LogP contribution is 2.40. The van der Waals surface area contributed by atoms with Crippen LogP contribution >= 0.6 is 0 Å². The van der Waals surface area contributed by atoms with Gasteiger partial charge in [-0.25, -0.2) is 8.42 Å². The first-order valence-electron chi connectivity index (χ1n) is 9.00. The number of sulfonamides is 1. The van der Waals surface area contributed by atoms with Crippen LogP contribution in [0, 0.1) is 0 Å². The molecule has 0 radical (unpaired) electrons. The summed E-state index contributed by atoms with van der Waals surface area (Å²) < 4.78 is 32.4. The minimum Gasteiger partial charge on any atom is -0.463 e. The second-order valence-electron chi connectivity index (χ2n) is 7.07. The summed E-state index contributed by atoms with van der Waals surface area (Å²) in [4.78, 5) is 38.2. The zero-order chi connectivity index (χ0) is 19.2. The number of rotatable bonds is 4. The summed E-state index contributed by atoms with van der Waals surface area (Å²) in [5.41, 5.74) is -0.554. The summed E-state index contributed by atoms with van der Waals surface area (Å²) in [5.74, 6) is -1.87. The number of ether oxygens (including phenoxy) is 1. The third-order valence-corrected chi connectivity index (χ3v) is 7.50. The van der Waals surface area contributed by atoms with E-state index in [2.05, 4.69) is 0 Å². The smallest absolute Gasteiger partial charge is 0.327 e. The molecule has 1 aliphatic carbocycles. The van der Waals surface area contributed by atoms with E-state index in [1.54, 1.807) is 24.3 Å². The van der Waals surface area contributed by atoms with E-state index in [-0.39, 0.29) is 30.8 Å². The quantitative estimate of drug-likeness (QED) is 0.555. The van der Waals surface area contributed by atoms with Crippen molar-refractivity contribution in [3.05, 3.63) is 35.4 Å². The average Bonchev–Trinajstić information content (AvgIpc) is 3.22. The van der Waals surface area contributed by atoms with Gasteiger partial charge in [-0.3, -0.25) is 19.3 Å². The van der Waals surface area contributed by atoms with Gasteiger partial charge in [0.25, 0.3) is 11.8 Å². The third-order valence-electron chi connectivity index (χ3n) is 5.60. The van der Waals surface area contributed by atoms with Crippen molar-refractivity contribution in [1.29, 1.82) is 0 Å². The molecule has 27 heavy (non-hydrogen) atoms. The predicted octanol–water partition coefficient (Wildman–Crippen LogP) is 0.784. The Morgan fingerprint density at radius 2 is 1.59 bits per heavy atom. The van der Waals surface area contributed by atoms with Gasteiger partial charge in [0.05, 0.1) is 16.9 Å². The fraction of sp³-hybridized carbons (Fsp3) is 0.500. The number of imide groups is 1. The fourth-order valence-corrected chi connectivity index (χ4v) is 6.03. The van der Waals surface area contributed by atoms with Crippen LogP contribution in [0.5, 0.6) is 0 Å². The second-order valence-corrected chi connectivity index (χ2v) is 9.08. The highest BCUT2D eigenvalue weighted by Gasteiger charge is 2.54. The Morgan fingerprint density at radius 3 is 2.19 bits per heavy atom. The molecule has 9 heteroatoms. The van der Waals surface area contributed by atoms with Crippen LogP contribution in [0.15, 0.2) is 24.3 Å². The van der Waals surface area contributed by atoms with Crippen LogP contribution in [-0.2, 0) is 19.6 Å². The number of hydrogen-bond acceptors (Lipinski definition) is 6. The lowest BCUT2D eigenvalue weighted by Crippen LogP contribution is -2.61. The predicted molar refractivity (Wildman–Crippen MR) is 94.5 cm³/mol. The Balaban J connectivity index is 1.54. The minimum atomic E-state index is -3.84. The lowest BCUT2D eigenvalue weighted by Gasteiger charge is -2.41. The monoisotopic (exact) mass is 392 g/mol. The molecule has 2 heterocycles. The molecule has 2 amide bonds. The SMILES string of the molecule is O=C1c2ccccc2C(=O)N1CCS(=O)(=O)N1CCOC(=O)C12CCCC2. The Hall–Kier alpha value is -2.26. The average molecular weight is 392 g/mol. The molecule has 8 nitrogen and oxygen atoms in total. The zero-order valence-corrected chi connectivity index (χ0v) is 15.5. The summed E-state index contributed by atoms with van der Waals surface area (Å²) in [6, 6.07) is 6.43. The molecule has 1 spiro atoms. The van der Waals surface area contributed by atoms with E-state index in [1.165, 1.54) is 4.31 Å². The maximum Gasteiger partial charge on any atom is 0.327 e. The summed E-state index contributed by atoms with van der Waals surface area (Å²) in [6.07, 6.45) is 2.41. The van der Waals surface area contributed by atoms with Gasteiger partial charge in [-0.1, -0.05) is 25.0 Å². The molecule has 1 aromatic carbocycles. The van der Waals surface area contributed by atoms with Crippen LogP contribution in [0.2, 0.25) is 0 Å².